The van der Waals surface area contributed by atoms with Crippen LogP contribution in [0.15, 0.2) is 24.4 Å². The molecular formula is C12H13Cl3N4. The summed E-state index contributed by atoms with van der Waals surface area (Å²) in [7, 11) is 1.81. The van der Waals surface area contributed by atoms with Gasteiger partial charge in [-0.05, 0) is 24.1 Å². The van der Waals surface area contributed by atoms with E-state index in [1.54, 1.807) is 23.0 Å². The van der Waals surface area contributed by atoms with Crippen LogP contribution >= 0.6 is 34.8 Å². The van der Waals surface area contributed by atoms with Crippen LogP contribution in [-0.4, -0.2) is 9.78 Å². The van der Waals surface area contributed by atoms with Crippen molar-refractivity contribution in [3.8, 4) is 0 Å². The lowest BCUT2D eigenvalue weighted by Crippen LogP contribution is -2.31. The molecule has 0 amide bonds. The van der Waals surface area contributed by atoms with Crippen molar-refractivity contribution >= 4 is 34.8 Å². The van der Waals surface area contributed by atoms with Crippen LogP contribution in [0.4, 0.5) is 0 Å². The van der Waals surface area contributed by atoms with Gasteiger partial charge in [-0.15, -0.1) is 0 Å². The minimum absolute atomic E-state index is 0.182. The number of nitrogens with zero attached hydrogens (tertiary/aromatic N) is 2. The SMILES string of the molecule is Cn1ncc(Cl)c1C(Cc1ccc(Cl)cc1Cl)NN. The first kappa shape index (κ1) is 14.6. The van der Waals surface area contributed by atoms with Crippen LogP contribution in [-0.2, 0) is 13.5 Å². The van der Waals surface area contributed by atoms with E-state index in [4.69, 9.17) is 40.6 Å². The summed E-state index contributed by atoms with van der Waals surface area (Å²) in [5.41, 5.74) is 4.49. The molecule has 0 aliphatic rings. The zero-order valence-corrected chi connectivity index (χ0v) is 12.5. The summed E-state index contributed by atoms with van der Waals surface area (Å²) in [6.07, 6.45) is 2.18. The Hall–Kier alpha value is -0.780. The minimum Gasteiger partial charge on any atom is -0.271 e. The summed E-state index contributed by atoms with van der Waals surface area (Å²) < 4.78 is 1.69. The number of halogens is 3. The maximum absolute atomic E-state index is 6.16. The topological polar surface area (TPSA) is 55.9 Å². The average molecular weight is 320 g/mol. The molecule has 0 spiro atoms. The Bertz CT molecular complexity index is 563. The normalized spacial score (nSPS) is 12.7. The van der Waals surface area contributed by atoms with Crippen LogP contribution in [0.5, 0.6) is 0 Å². The third kappa shape index (κ3) is 3.22. The monoisotopic (exact) mass is 318 g/mol. The van der Waals surface area contributed by atoms with Crippen LogP contribution in [0.1, 0.15) is 17.3 Å². The summed E-state index contributed by atoms with van der Waals surface area (Å²) in [5, 5.41) is 5.87. The van der Waals surface area contributed by atoms with E-state index in [9.17, 15) is 0 Å². The van der Waals surface area contributed by atoms with Gasteiger partial charge in [0, 0.05) is 17.1 Å². The number of hydrazine groups is 1. The van der Waals surface area contributed by atoms with Gasteiger partial charge in [0.2, 0.25) is 0 Å². The van der Waals surface area contributed by atoms with Gasteiger partial charge in [0.25, 0.3) is 0 Å². The van der Waals surface area contributed by atoms with Gasteiger partial charge >= 0.3 is 0 Å². The van der Waals surface area contributed by atoms with Gasteiger partial charge in [-0.2, -0.15) is 5.10 Å². The highest BCUT2D eigenvalue weighted by molar-refractivity contribution is 6.35. The number of hydrogen-bond acceptors (Lipinski definition) is 3. The van der Waals surface area contributed by atoms with Crippen LogP contribution in [0, 0.1) is 0 Å². The van der Waals surface area contributed by atoms with Gasteiger partial charge in [-0.25, -0.2) is 0 Å². The number of aryl methyl sites for hydroxylation is 1. The van der Waals surface area contributed by atoms with E-state index in [1.807, 2.05) is 13.1 Å². The molecule has 1 heterocycles. The number of nitrogens with two attached hydrogens (primary N) is 1. The molecule has 2 rings (SSSR count). The Kier molecular flexibility index (Phi) is 4.71. The number of hydrogen-bond donors (Lipinski definition) is 2. The largest absolute Gasteiger partial charge is 0.271 e. The van der Waals surface area contributed by atoms with Crippen molar-refractivity contribution in [1.82, 2.24) is 15.2 Å². The van der Waals surface area contributed by atoms with E-state index < -0.39 is 0 Å². The fourth-order valence-electron chi connectivity index (χ4n) is 1.95. The van der Waals surface area contributed by atoms with Gasteiger partial charge < -0.3 is 0 Å². The summed E-state index contributed by atoms with van der Waals surface area (Å²) in [4.78, 5) is 0. The minimum atomic E-state index is -0.182. The highest BCUT2D eigenvalue weighted by Crippen LogP contribution is 2.28. The maximum Gasteiger partial charge on any atom is 0.0834 e. The van der Waals surface area contributed by atoms with E-state index in [1.165, 1.54) is 0 Å². The fraction of sp³-hybridized carbons (Fsp3) is 0.250. The highest BCUT2D eigenvalue weighted by atomic mass is 35.5. The molecule has 4 nitrogen and oxygen atoms in total. The van der Waals surface area contributed by atoms with Crippen molar-refractivity contribution in [2.24, 2.45) is 12.9 Å². The molecular weight excluding hydrogens is 307 g/mol. The number of nitrogens with one attached hydrogen (secondary N) is 1. The second kappa shape index (κ2) is 6.11. The molecule has 1 aromatic carbocycles. The standard InChI is InChI=1S/C12H13Cl3N4/c1-19-12(10(15)6-17-19)11(18-16)4-7-2-3-8(13)5-9(7)14/h2-3,5-6,11,18H,4,16H2,1H3. The highest BCUT2D eigenvalue weighted by Gasteiger charge is 2.19. The quantitative estimate of drug-likeness (QED) is 0.672. The molecule has 0 radical (unpaired) electrons. The van der Waals surface area contributed by atoms with Gasteiger partial charge in [0.1, 0.15) is 0 Å². The van der Waals surface area contributed by atoms with Gasteiger partial charge in [0.05, 0.1) is 23.0 Å². The van der Waals surface area contributed by atoms with Crippen LogP contribution in [0.25, 0.3) is 0 Å². The molecule has 0 fully saturated rings. The molecule has 0 saturated carbocycles. The van der Waals surface area contributed by atoms with E-state index in [2.05, 4.69) is 10.5 Å². The summed E-state index contributed by atoms with van der Waals surface area (Å²) in [6.45, 7) is 0. The summed E-state index contributed by atoms with van der Waals surface area (Å²) >= 11 is 18.2. The molecule has 1 unspecified atom stereocenters. The van der Waals surface area contributed by atoms with Crippen molar-refractivity contribution in [3.63, 3.8) is 0 Å². The average Bonchev–Trinajstić information content (AvgIpc) is 2.69. The maximum atomic E-state index is 6.16. The van der Waals surface area contributed by atoms with Gasteiger partial charge in [0.15, 0.2) is 0 Å². The molecule has 3 N–H and O–H groups in total. The third-order valence-corrected chi connectivity index (χ3v) is 3.79. The Morgan fingerprint density at radius 1 is 1.32 bits per heavy atom. The summed E-state index contributed by atoms with van der Waals surface area (Å²) in [6, 6.07) is 5.19. The molecule has 0 saturated heterocycles. The number of benzene rings is 1. The van der Waals surface area contributed by atoms with E-state index in [-0.39, 0.29) is 6.04 Å². The third-order valence-electron chi connectivity index (χ3n) is 2.91. The van der Waals surface area contributed by atoms with Crippen molar-refractivity contribution < 1.29 is 0 Å². The van der Waals surface area contributed by atoms with Crippen LogP contribution in [0.2, 0.25) is 15.1 Å². The molecule has 0 aliphatic heterocycles. The molecule has 19 heavy (non-hydrogen) atoms. The zero-order chi connectivity index (χ0) is 14.0. The molecule has 7 heteroatoms. The fourth-order valence-corrected chi connectivity index (χ4v) is 2.74. The Labute approximate surface area is 126 Å². The first-order chi connectivity index (χ1) is 9.02. The van der Waals surface area contributed by atoms with E-state index in [0.29, 0.717) is 21.5 Å². The van der Waals surface area contributed by atoms with E-state index in [0.717, 1.165) is 11.3 Å². The Balaban J connectivity index is 2.29. The van der Waals surface area contributed by atoms with E-state index >= 15 is 0 Å². The van der Waals surface area contributed by atoms with Gasteiger partial charge in [-0.1, -0.05) is 40.9 Å². The smallest absolute Gasteiger partial charge is 0.0834 e. The molecule has 1 atom stereocenters. The predicted molar refractivity (Wildman–Crippen MR) is 78.4 cm³/mol. The van der Waals surface area contributed by atoms with Crippen molar-refractivity contribution in [2.45, 2.75) is 12.5 Å². The first-order valence-electron chi connectivity index (χ1n) is 5.60. The van der Waals surface area contributed by atoms with Crippen molar-refractivity contribution in [3.05, 3.63) is 50.7 Å². The summed E-state index contributed by atoms with van der Waals surface area (Å²) in [5.74, 6) is 5.61. The van der Waals surface area contributed by atoms with Crippen LogP contribution < -0.4 is 11.3 Å². The molecule has 0 aliphatic carbocycles. The molecule has 102 valence electrons. The molecule has 1 aromatic heterocycles. The molecule has 2 aromatic rings. The second-order valence-corrected chi connectivity index (χ2v) is 5.41. The predicted octanol–water partition coefficient (Wildman–Crippen LogP) is 3.13. The zero-order valence-electron chi connectivity index (χ0n) is 10.2. The van der Waals surface area contributed by atoms with Crippen molar-refractivity contribution in [2.75, 3.05) is 0 Å². The number of aromatic nitrogens is 2. The van der Waals surface area contributed by atoms with Gasteiger partial charge in [-0.3, -0.25) is 16.0 Å². The second-order valence-electron chi connectivity index (χ2n) is 4.16. The lowest BCUT2D eigenvalue weighted by molar-refractivity contribution is 0.509. The Morgan fingerprint density at radius 3 is 2.58 bits per heavy atom. The van der Waals surface area contributed by atoms with Crippen molar-refractivity contribution in [1.29, 1.82) is 0 Å². The first-order valence-corrected chi connectivity index (χ1v) is 6.73. The van der Waals surface area contributed by atoms with Crippen LogP contribution in [0.3, 0.4) is 0 Å². The number of rotatable bonds is 4. The lowest BCUT2D eigenvalue weighted by Gasteiger charge is -2.17. The molecule has 0 bridgehead atoms. The lowest BCUT2D eigenvalue weighted by atomic mass is 10.0. The Morgan fingerprint density at radius 2 is 2.05 bits per heavy atom.